The number of amides is 1. The van der Waals surface area contributed by atoms with Crippen LogP contribution in [0.3, 0.4) is 0 Å². The fourth-order valence-corrected chi connectivity index (χ4v) is 2.55. The molecule has 0 aliphatic carbocycles. The highest BCUT2D eigenvalue weighted by Crippen LogP contribution is 2.33. The summed E-state index contributed by atoms with van der Waals surface area (Å²) in [4.78, 5) is 22.5. The minimum absolute atomic E-state index is 0.0489. The second-order valence-corrected chi connectivity index (χ2v) is 5.45. The van der Waals surface area contributed by atoms with Gasteiger partial charge in [-0.25, -0.2) is 0 Å². The Hall–Kier alpha value is -2.80. The van der Waals surface area contributed by atoms with Gasteiger partial charge < -0.3 is 14.8 Å². The van der Waals surface area contributed by atoms with E-state index in [1.54, 1.807) is 12.1 Å². The van der Waals surface area contributed by atoms with E-state index in [0.29, 0.717) is 24.7 Å². The number of nitrogens with zero attached hydrogens (tertiary/aromatic N) is 1. The lowest BCUT2D eigenvalue weighted by Crippen LogP contribution is -2.24. The van der Waals surface area contributed by atoms with E-state index in [1.807, 2.05) is 6.07 Å². The zero-order valence-corrected chi connectivity index (χ0v) is 13.2. The number of rotatable bonds is 4. The highest BCUT2D eigenvalue weighted by Gasteiger charge is 2.18. The average Bonchev–Trinajstić information content (AvgIpc) is 2.59. The number of non-ortho nitro benzene ring substituents is 1. The van der Waals surface area contributed by atoms with Crippen LogP contribution in [0, 0.1) is 10.1 Å². The van der Waals surface area contributed by atoms with Crippen molar-refractivity contribution in [2.24, 2.45) is 0 Å². The molecule has 0 saturated heterocycles. The van der Waals surface area contributed by atoms with Gasteiger partial charge in [0.25, 0.3) is 11.6 Å². The van der Waals surface area contributed by atoms with Crippen molar-refractivity contribution >= 4 is 23.2 Å². The summed E-state index contributed by atoms with van der Waals surface area (Å²) < 4.78 is 11.1. The number of halogens is 1. The maximum absolute atomic E-state index is 12.3. The normalized spacial score (nSPS) is 12.5. The molecule has 0 spiro atoms. The minimum Gasteiger partial charge on any atom is -0.486 e. The van der Waals surface area contributed by atoms with Gasteiger partial charge in [-0.05, 0) is 12.1 Å². The molecular formula is C16H13ClN2O5. The number of ether oxygens (including phenoxy) is 2. The van der Waals surface area contributed by atoms with E-state index in [1.165, 1.54) is 12.1 Å². The number of carbonyl (C=O) groups is 1. The quantitative estimate of drug-likeness (QED) is 0.677. The maximum Gasteiger partial charge on any atom is 0.270 e. The molecule has 0 aromatic heterocycles. The van der Waals surface area contributed by atoms with Crippen molar-refractivity contribution in [2.75, 3.05) is 13.2 Å². The molecule has 0 saturated carbocycles. The zero-order valence-electron chi connectivity index (χ0n) is 12.5. The number of nitro benzene ring substituents is 1. The molecule has 2 aromatic rings. The van der Waals surface area contributed by atoms with Crippen molar-refractivity contribution in [3.05, 3.63) is 62.7 Å². The molecule has 1 N–H and O–H groups in total. The Balaban J connectivity index is 1.77. The molecule has 124 valence electrons. The summed E-state index contributed by atoms with van der Waals surface area (Å²) in [6, 6.07) is 9.13. The van der Waals surface area contributed by atoms with E-state index >= 15 is 0 Å². The molecular weight excluding hydrogens is 336 g/mol. The van der Waals surface area contributed by atoms with Crippen LogP contribution in [0.4, 0.5) is 5.69 Å². The lowest BCUT2D eigenvalue weighted by atomic mass is 10.1. The molecule has 0 radical (unpaired) electrons. The summed E-state index contributed by atoms with van der Waals surface area (Å²) >= 11 is 5.96. The van der Waals surface area contributed by atoms with Crippen LogP contribution in [-0.4, -0.2) is 24.0 Å². The first-order valence-corrected chi connectivity index (χ1v) is 7.53. The monoisotopic (exact) mass is 348 g/mol. The van der Waals surface area contributed by atoms with Crippen LogP contribution < -0.4 is 14.8 Å². The third-order valence-corrected chi connectivity index (χ3v) is 3.82. The molecule has 1 aliphatic heterocycles. The molecule has 0 fully saturated rings. The number of fused-ring (bicyclic) bond motifs is 1. The first-order chi connectivity index (χ1) is 11.6. The summed E-state index contributed by atoms with van der Waals surface area (Å²) in [6.45, 7) is 1.10. The van der Waals surface area contributed by atoms with Gasteiger partial charge in [-0.1, -0.05) is 23.7 Å². The number of para-hydroxylation sites is 1. The van der Waals surface area contributed by atoms with Crippen LogP contribution in [0.1, 0.15) is 15.9 Å². The molecule has 0 unspecified atom stereocenters. The number of nitro groups is 1. The van der Waals surface area contributed by atoms with E-state index in [2.05, 4.69) is 5.32 Å². The van der Waals surface area contributed by atoms with Gasteiger partial charge in [0.15, 0.2) is 11.5 Å². The standard InChI is InChI=1S/C16H13ClN2O5/c17-13-5-4-11(19(21)22)8-12(13)16(20)18-9-10-2-1-3-14-15(10)24-7-6-23-14/h1-5,8H,6-7,9H2,(H,18,20). The molecule has 2 aromatic carbocycles. The molecule has 1 aliphatic rings. The predicted molar refractivity (Wildman–Crippen MR) is 86.7 cm³/mol. The number of hydrogen-bond donors (Lipinski definition) is 1. The van der Waals surface area contributed by atoms with Crippen molar-refractivity contribution in [3.8, 4) is 11.5 Å². The van der Waals surface area contributed by atoms with Gasteiger partial charge in [0.2, 0.25) is 0 Å². The summed E-state index contributed by atoms with van der Waals surface area (Å²) in [7, 11) is 0. The Morgan fingerprint density at radius 1 is 1.25 bits per heavy atom. The lowest BCUT2D eigenvalue weighted by molar-refractivity contribution is -0.384. The highest BCUT2D eigenvalue weighted by atomic mass is 35.5. The Labute approximate surface area is 142 Å². The largest absolute Gasteiger partial charge is 0.486 e. The SMILES string of the molecule is O=C(NCc1cccc2c1OCCO2)c1cc([N+](=O)[O-])ccc1Cl. The van der Waals surface area contributed by atoms with Gasteiger partial charge in [0, 0.05) is 24.2 Å². The zero-order chi connectivity index (χ0) is 17.1. The summed E-state index contributed by atoms with van der Waals surface area (Å²) in [5, 5.41) is 13.7. The number of carbonyl (C=O) groups excluding carboxylic acids is 1. The Bertz CT molecular complexity index is 809. The van der Waals surface area contributed by atoms with Crippen LogP contribution in [0.5, 0.6) is 11.5 Å². The molecule has 0 atom stereocenters. The average molecular weight is 349 g/mol. The van der Waals surface area contributed by atoms with Gasteiger partial charge in [-0.3, -0.25) is 14.9 Å². The van der Waals surface area contributed by atoms with Crippen LogP contribution in [0.15, 0.2) is 36.4 Å². The summed E-state index contributed by atoms with van der Waals surface area (Å²) in [5.74, 6) is 0.716. The maximum atomic E-state index is 12.3. The van der Waals surface area contributed by atoms with E-state index in [-0.39, 0.29) is 22.8 Å². The molecule has 24 heavy (non-hydrogen) atoms. The van der Waals surface area contributed by atoms with Crippen molar-refractivity contribution in [3.63, 3.8) is 0 Å². The second-order valence-electron chi connectivity index (χ2n) is 5.05. The minimum atomic E-state index is -0.578. The highest BCUT2D eigenvalue weighted by molar-refractivity contribution is 6.33. The smallest absolute Gasteiger partial charge is 0.270 e. The van der Waals surface area contributed by atoms with Crippen molar-refractivity contribution in [1.29, 1.82) is 0 Å². The van der Waals surface area contributed by atoms with Gasteiger partial charge in [0.1, 0.15) is 13.2 Å². The second kappa shape index (κ2) is 6.76. The summed E-state index contributed by atoms with van der Waals surface area (Å²) in [5.41, 5.74) is 0.605. The number of benzene rings is 2. The van der Waals surface area contributed by atoms with Gasteiger partial charge in [-0.2, -0.15) is 0 Å². The molecule has 0 bridgehead atoms. The fraction of sp³-hybridized carbons (Fsp3) is 0.188. The van der Waals surface area contributed by atoms with E-state index in [4.69, 9.17) is 21.1 Å². The molecule has 1 amide bonds. The van der Waals surface area contributed by atoms with E-state index < -0.39 is 10.8 Å². The topological polar surface area (TPSA) is 90.7 Å². The first-order valence-electron chi connectivity index (χ1n) is 7.16. The predicted octanol–water partition coefficient (Wildman–Crippen LogP) is 2.95. The first kappa shape index (κ1) is 16.1. The number of hydrogen-bond acceptors (Lipinski definition) is 5. The third-order valence-electron chi connectivity index (χ3n) is 3.49. The fourth-order valence-electron chi connectivity index (χ4n) is 2.34. The molecule has 3 rings (SSSR count). The number of nitrogens with one attached hydrogen (secondary N) is 1. The Kier molecular flexibility index (Phi) is 4.52. The lowest BCUT2D eigenvalue weighted by Gasteiger charge is -2.21. The van der Waals surface area contributed by atoms with E-state index in [9.17, 15) is 14.9 Å². The van der Waals surface area contributed by atoms with Crippen molar-refractivity contribution in [1.82, 2.24) is 5.32 Å². The van der Waals surface area contributed by atoms with Crippen LogP contribution in [-0.2, 0) is 6.54 Å². The van der Waals surface area contributed by atoms with Gasteiger partial charge in [0.05, 0.1) is 15.5 Å². The summed E-state index contributed by atoms with van der Waals surface area (Å²) in [6.07, 6.45) is 0. The molecule has 8 heteroatoms. The molecule has 1 heterocycles. The van der Waals surface area contributed by atoms with Gasteiger partial charge in [-0.15, -0.1) is 0 Å². The van der Waals surface area contributed by atoms with E-state index in [0.717, 1.165) is 11.6 Å². The van der Waals surface area contributed by atoms with Crippen LogP contribution >= 0.6 is 11.6 Å². The van der Waals surface area contributed by atoms with Crippen LogP contribution in [0.2, 0.25) is 5.02 Å². The molecule has 7 nitrogen and oxygen atoms in total. The Morgan fingerprint density at radius 2 is 2.04 bits per heavy atom. The Morgan fingerprint density at radius 3 is 2.83 bits per heavy atom. The van der Waals surface area contributed by atoms with Crippen molar-refractivity contribution in [2.45, 2.75) is 6.54 Å². The van der Waals surface area contributed by atoms with Crippen LogP contribution in [0.25, 0.3) is 0 Å². The van der Waals surface area contributed by atoms with Gasteiger partial charge >= 0.3 is 0 Å². The van der Waals surface area contributed by atoms with Crippen molar-refractivity contribution < 1.29 is 19.2 Å². The third kappa shape index (κ3) is 3.26.